The minimum absolute atomic E-state index is 0.564. The van der Waals surface area contributed by atoms with Gasteiger partial charge < -0.3 is 9.52 Å². The Morgan fingerprint density at radius 3 is 2.61 bits per heavy atom. The Labute approximate surface area is 105 Å². The maximum absolute atomic E-state index is 10.1. The molecule has 0 spiro atoms. The maximum Gasteiger partial charge on any atom is 0.132 e. The van der Waals surface area contributed by atoms with Crippen molar-refractivity contribution >= 4 is 10.8 Å². The van der Waals surface area contributed by atoms with Gasteiger partial charge in [0.2, 0.25) is 0 Å². The van der Waals surface area contributed by atoms with Crippen molar-refractivity contribution in [2.24, 2.45) is 0 Å². The second kappa shape index (κ2) is 4.67. The van der Waals surface area contributed by atoms with Crippen LogP contribution in [0.3, 0.4) is 0 Å². The maximum atomic E-state index is 10.1. The van der Waals surface area contributed by atoms with Gasteiger partial charge in [-0.3, -0.25) is 0 Å². The van der Waals surface area contributed by atoms with Gasteiger partial charge in [-0.25, -0.2) is 0 Å². The third-order valence-electron chi connectivity index (χ3n) is 3.16. The van der Waals surface area contributed by atoms with Crippen molar-refractivity contribution in [2.75, 3.05) is 0 Å². The van der Waals surface area contributed by atoms with Gasteiger partial charge in [-0.1, -0.05) is 42.5 Å². The van der Waals surface area contributed by atoms with Gasteiger partial charge in [-0.15, -0.1) is 0 Å². The van der Waals surface area contributed by atoms with Crippen LogP contribution in [-0.4, -0.2) is 5.11 Å². The first-order chi connectivity index (χ1) is 8.84. The highest BCUT2D eigenvalue weighted by atomic mass is 16.4. The summed E-state index contributed by atoms with van der Waals surface area (Å²) in [7, 11) is 0. The smallest absolute Gasteiger partial charge is 0.132 e. The lowest BCUT2D eigenvalue weighted by molar-refractivity contribution is 0.150. The van der Waals surface area contributed by atoms with Crippen LogP contribution in [0.5, 0.6) is 0 Å². The van der Waals surface area contributed by atoms with Crippen molar-refractivity contribution < 1.29 is 9.52 Å². The minimum Gasteiger partial charge on any atom is -0.467 e. The van der Waals surface area contributed by atoms with Crippen molar-refractivity contribution in [2.45, 2.75) is 12.5 Å². The fourth-order valence-electron chi connectivity index (χ4n) is 2.26. The molecule has 3 rings (SSSR count). The lowest BCUT2D eigenvalue weighted by Crippen LogP contribution is -2.00. The quantitative estimate of drug-likeness (QED) is 0.754. The summed E-state index contributed by atoms with van der Waals surface area (Å²) in [6.07, 6.45) is 1.56. The van der Waals surface area contributed by atoms with Gasteiger partial charge in [0.25, 0.3) is 0 Å². The topological polar surface area (TPSA) is 33.4 Å². The van der Waals surface area contributed by atoms with E-state index in [9.17, 15) is 5.11 Å². The van der Waals surface area contributed by atoms with E-state index in [-0.39, 0.29) is 0 Å². The third kappa shape index (κ3) is 2.03. The zero-order valence-electron chi connectivity index (χ0n) is 9.91. The molecule has 3 aromatic rings. The van der Waals surface area contributed by atoms with E-state index in [1.165, 1.54) is 10.8 Å². The molecule has 0 saturated heterocycles. The van der Waals surface area contributed by atoms with Crippen LogP contribution in [-0.2, 0) is 6.42 Å². The molecule has 1 atom stereocenters. The average molecular weight is 238 g/mol. The number of furan rings is 1. The number of aliphatic hydroxyl groups excluding tert-OH is 1. The Morgan fingerprint density at radius 1 is 0.944 bits per heavy atom. The van der Waals surface area contributed by atoms with Crippen molar-refractivity contribution in [3.63, 3.8) is 0 Å². The molecule has 0 amide bonds. The first kappa shape index (κ1) is 11.1. The fraction of sp³-hybridized carbons (Fsp3) is 0.125. The SMILES string of the molecule is OC(Cc1cccc2ccccc12)c1ccco1. The molecule has 2 nitrogen and oxygen atoms in total. The molecule has 1 heterocycles. The summed E-state index contributed by atoms with van der Waals surface area (Å²) in [4.78, 5) is 0. The van der Waals surface area contributed by atoms with E-state index < -0.39 is 6.10 Å². The molecule has 0 aliphatic rings. The number of aliphatic hydroxyl groups is 1. The molecule has 2 aromatic carbocycles. The lowest BCUT2D eigenvalue weighted by atomic mass is 9.99. The van der Waals surface area contributed by atoms with E-state index in [0.717, 1.165) is 5.56 Å². The van der Waals surface area contributed by atoms with Gasteiger partial charge in [-0.05, 0) is 28.5 Å². The molecule has 1 N–H and O–H groups in total. The molecule has 1 aromatic heterocycles. The minimum atomic E-state index is -0.592. The highest BCUT2D eigenvalue weighted by Gasteiger charge is 2.12. The van der Waals surface area contributed by atoms with Crippen LogP contribution in [0.15, 0.2) is 65.3 Å². The van der Waals surface area contributed by atoms with Crippen LogP contribution < -0.4 is 0 Å². The first-order valence-corrected chi connectivity index (χ1v) is 6.03. The molecule has 0 saturated carbocycles. The summed E-state index contributed by atoms with van der Waals surface area (Å²) in [5.41, 5.74) is 1.14. The summed E-state index contributed by atoms with van der Waals surface area (Å²) in [6.45, 7) is 0. The Balaban J connectivity index is 1.95. The number of hydrogen-bond acceptors (Lipinski definition) is 2. The molecule has 2 heteroatoms. The molecule has 0 bridgehead atoms. The zero-order valence-corrected chi connectivity index (χ0v) is 9.91. The van der Waals surface area contributed by atoms with E-state index in [4.69, 9.17) is 4.42 Å². The van der Waals surface area contributed by atoms with Crippen molar-refractivity contribution in [3.8, 4) is 0 Å². The highest BCUT2D eigenvalue weighted by molar-refractivity contribution is 5.85. The van der Waals surface area contributed by atoms with E-state index in [1.807, 2.05) is 18.2 Å². The zero-order chi connectivity index (χ0) is 12.4. The predicted octanol–water partition coefficient (Wildman–Crippen LogP) is 3.71. The van der Waals surface area contributed by atoms with Crippen molar-refractivity contribution in [1.29, 1.82) is 0 Å². The van der Waals surface area contributed by atoms with E-state index in [2.05, 4.69) is 24.3 Å². The van der Waals surface area contributed by atoms with Crippen LogP contribution in [0.2, 0.25) is 0 Å². The van der Waals surface area contributed by atoms with Gasteiger partial charge in [0.05, 0.1) is 6.26 Å². The first-order valence-electron chi connectivity index (χ1n) is 6.03. The molecule has 18 heavy (non-hydrogen) atoms. The van der Waals surface area contributed by atoms with E-state index in [1.54, 1.807) is 18.4 Å². The van der Waals surface area contributed by atoms with Crippen LogP contribution >= 0.6 is 0 Å². The summed E-state index contributed by atoms with van der Waals surface area (Å²) in [5.74, 6) is 0.614. The van der Waals surface area contributed by atoms with E-state index >= 15 is 0 Å². The number of fused-ring (bicyclic) bond motifs is 1. The average Bonchev–Trinajstić information content (AvgIpc) is 2.93. The molecule has 0 aliphatic heterocycles. The lowest BCUT2D eigenvalue weighted by Gasteiger charge is -2.10. The third-order valence-corrected chi connectivity index (χ3v) is 3.16. The van der Waals surface area contributed by atoms with Crippen LogP contribution in [0.1, 0.15) is 17.4 Å². The highest BCUT2D eigenvalue weighted by Crippen LogP contribution is 2.24. The van der Waals surface area contributed by atoms with Gasteiger partial charge in [0, 0.05) is 6.42 Å². The van der Waals surface area contributed by atoms with Gasteiger partial charge in [0.1, 0.15) is 11.9 Å². The summed E-state index contributed by atoms with van der Waals surface area (Å²) < 4.78 is 5.23. The molecular formula is C16H14O2. The molecule has 0 radical (unpaired) electrons. The Kier molecular flexibility index (Phi) is 2.87. The van der Waals surface area contributed by atoms with Crippen LogP contribution in [0, 0.1) is 0 Å². The Hall–Kier alpha value is -2.06. The standard InChI is InChI=1S/C16H14O2/c17-15(16-9-4-10-18-16)11-13-7-3-6-12-5-1-2-8-14(12)13/h1-10,15,17H,11H2. The Morgan fingerprint density at radius 2 is 1.78 bits per heavy atom. The predicted molar refractivity (Wildman–Crippen MR) is 71.3 cm³/mol. The van der Waals surface area contributed by atoms with Crippen LogP contribution in [0.4, 0.5) is 0 Å². The van der Waals surface area contributed by atoms with Crippen LogP contribution in [0.25, 0.3) is 10.8 Å². The Bertz CT molecular complexity index is 636. The molecule has 90 valence electrons. The second-order valence-electron chi connectivity index (χ2n) is 4.37. The normalized spacial score (nSPS) is 12.7. The number of benzene rings is 2. The fourth-order valence-corrected chi connectivity index (χ4v) is 2.26. The summed E-state index contributed by atoms with van der Waals surface area (Å²) in [5, 5.41) is 12.5. The van der Waals surface area contributed by atoms with Crippen molar-refractivity contribution in [3.05, 3.63) is 72.2 Å². The molecular weight excluding hydrogens is 224 g/mol. The number of rotatable bonds is 3. The van der Waals surface area contributed by atoms with E-state index in [0.29, 0.717) is 12.2 Å². The monoisotopic (exact) mass is 238 g/mol. The second-order valence-corrected chi connectivity index (χ2v) is 4.37. The number of hydrogen-bond donors (Lipinski definition) is 1. The summed E-state index contributed by atoms with van der Waals surface area (Å²) in [6, 6.07) is 18.0. The van der Waals surface area contributed by atoms with Gasteiger partial charge in [-0.2, -0.15) is 0 Å². The van der Waals surface area contributed by atoms with Gasteiger partial charge >= 0.3 is 0 Å². The molecule has 1 unspecified atom stereocenters. The molecule has 0 aliphatic carbocycles. The summed E-state index contributed by atoms with van der Waals surface area (Å²) >= 11 is 0. The molecule has 0 fully saturated rings. The van der Waals surface area contributed by atoms with Crippen molar-refractivity contribution in [1.82, 2.24) is 0 Å². The largest absolute Gasteiger partial charge is 0.467 e. The van der Waals surface area contributed by atoms with Gasteiger partial charge in [0.15, 0.2) is 0 Å².